The largest absolute Gasteiger partial charge is 0.481 e. The summed E-state index contributed by atoms with van der Waals surface area (Å²) in [4.78, 5) is 56.3. The second-order valence-corrected chi connectivity index (χ2v) is 5.31. The zero-order chi connectivity index (χ0) is 26.1. The van der Waals surface area contributed by atoms with E-state index in [0.717, 1.165) is 27.7 Å². The minimum absolute atomic E-state index is 0. The molecule has 194 valence electrons. The summed E-state index contributed by atoms with van der Waals surface area (Å²) < 4.78 is 36.8. The van der Waals surface area contributed by atoms with E-state index in [1.165, 1.54) is 0 Å². The number of halogens is 4. The fraction of sp³-hybridized carbons (Fsp3) is 0.600. The van der Waals surface area contributed by atoms with Gasteiger partial charge in [0.05, 0.1) is 5.92 Å². The van der Waals surface area contributed by atoms with Crippen LogP contribution >= 0.6 is 12.4 Å². The quantitative estimate of drug-likeness (QED) is 0.175. The fourth-order valence-corrected chi connectivity index (χ4v) is 1.33. The molecule has 1 fully saturated rings. The molecule has 0 heterocycles. The SMILES string of the molecule is CC(=O)O.CC(=O)O.CC(=O)O.CC(=O)O.Cl.O=C(O)CN(C1CC1C(=O)O)C(F)(F)F.[Pb]. The van der Waals surface area contributed by atoms with Crippen LogP contribution in [0.1, 0.15) is 34.1 Å². The molecule has 0 aromatic carbocycles. The van der Waals surface area contributed by atoms with E-state index in [4.69, 9.17) is 49.8 Å². The van der Waals surface area contributed by atoms with Crippen LogP contribution in [0.5, 0.6) is 0 Å². The van der Waals surface area contributed by atoms with Gasteiger partial charge in [0.2, 0.25) is 0 Å². The standard InChI is InChI=1S/C7H8F3NO4.4C2H4O2.ClH.Pb/c8-7(9,10)11(2-5(12)13)4-1-3(4)6(14)15;4*1-2(3)4;;/h3-4H,1-2H2,(H,12,13)(H,14,15);4*1H3,(H,3,4);1H;. The normalized spacial score (nSPS) is 14.5. The number of rotatable bonds is 4. The van der Waals surface area contributed by atoms with Crippen molar-refractivity contribution >= 4 is 75.5 Å². The molecule has 1 rings (SSSR count). The molecular formula is C15H25ClF3NO12Pb. The van der Waals surface area contributed by atoms with Gasteiger partial charge in [0.1, 0.15) is 6.54 Å². The van der Waals surface area contributed by atoms with Crippen molar-refractivity contribution in [3.05, 3.63) is 0 Å². The molecule has 0 saturated heterocycles. The van der Waals surface area contributed by atoms with Crippen molar-refractivity contribution in [3.63, 3.8) is 0 Å². The van der Waals surface area contributed by atoms with Crippen molar-refractivity contribution in [2.75, 3.05) is 6.54 Å². The molecule has 1 aliphatic rings. The van der Waals surface area contributed by atoms with Crippen LogP contribution in [0.4, 0.5) is 13.2 Å². The van der Waals surface area contributed by atoms with Gasteiger partial charge in [0.15, 0.2) is 0 Å². The zero-order valence-electron chi connectivity index (χ0n) is 17.7. The summed E-state index contributed by atoms with van der Waals surface area (Å²) in [5.74, 6) is -7.42. The van der Waals surface area contributed by atoms with Crippen LogP contribution < -0.4 is 0 Å². The second kappa shape index (κ2) is 23.0. The Morgan fingerprint density at radius 3 is 1.12 bits per heavy atom. The van der Waals surface area contributed by atoms with Crippen molar-refractivity contribution in [3.8, 4) is 0 Å². The third kappa shape index (κ3) is 48.4. The maximum absolute atomic E-state index is 12.3. The first-order valence-electron chi connectivity index (χ1n) is 7.72. The van der Waals surface area contributed by atoms with Gasteiger partial charge in [0, 0.05) is 61.0 Å². The Morgan fingerprint density at radius 2 is 1.00 bits per heavy atom. The molecule has 0 spiro atoms. The maximum atomic E-state index is 12.3. The molecule has 1 saturated carbocycles. The molecule has 33 heavy (non-hydrogen) atoms. The number of carboxylic acids is 6. The first-order chi connectivity index (χ1) is 13.7. The van der Waals surface area contributed by atoms with E-state index in [1.807, 2.05) is 0 Å². The van der Waals surface area contributed by atoms with Crippen molar-refractivity contribution in [1.82, 2.24) is 4.90 Å². The Hall–Kier alpha value is -2.22. The molecule has 13 nitrogen and oxygen atoms in total. The predicted octanol–water partition coefficient (Wildman–Crippen LogP) is 0.771. The monoisotopic (exact) mass is 711 g/mol. The van der Waals surface area contributed by atoms with Gasteiger partial charge in [-0.15, -0.1) is 12.4 Å². The zero-order valence-corrected chi connectivity index (χ0v) is 22.4. The molecule has 0 aromatic rings. The van der Waals surface area contributed by atoms with Gasteiger partial charge >= 0.3 is 18.2 Å². The number of aliphatic carboxylic acids is 6. The fourth-order valence-electron chi connectivity index (χ4n) is 1.33. The second-order valence-electron chi connectivity index (χ2n) is 5.31. The van der Waals surface area contributed by atoms with Gasteiger partial charge in [-0.05, 0) is 6.42 Å². The molecule has 0 amide bonds. The van der Waals surface area contributed by atoms with Gasteiger partial charge in [-0.25, -0.2) is 0 Å². The summed E-state index contributed by atoms with van der Waals surface area (Å²) in [6.45, 7) is 3.11. The minimum atomic E-state index is -4.81. The summed E-state index contributed by atoms with van der Waals surface area (Å²) >= 11 is 0. The van der Waals surface area contributed by atoms with Gasteiger partial charge in [-0.3, -0.25) is 28.8 Å². The number of alkyl halides is 3. The smallest absolute Gasteiger partial charge is 0.460 e. The molecule has 0 bridgehead atoms. The maximum Gasteiger partial charge on any atom is 0.460 e. The van der Waals surface area contributed by atoms with Crippen molar-refractivity contribution in [2.24, 2.45) is 5.92 Å². The van der Waals surface area contributed by atoms with E-state index >= 15 is 0 Å². The number of nitrogens with zero attached hydrogens (tertiary/aromatic N) is 1. The molecule has 1 aliphatic carbocycles. The van der Waals surface area contributed by atoms with Crippen LogP contribution in [-0.2, 0) is 28.8 Å². The topological polar surface area (TPSA) is 227 Å². The predicted molar refractivity (Wildman–Crippen MR) is 106 cm³/mol. The van der Waals surface area contributed by atoms with E-state index in [9.17, 15) is 22.8 Å². The van der Waals surface area contributed by atoms with E-state index < -0.39 is 60.6 Å². The molecule has 2 atom stereocenters. The summed E-state index contributed by atoms with van der Waals surface area (Å²) in [5.41, 5.74) is 0. The molecular weight excluding hydrogens is 686 g/mol. The van der Waals surface area contributed by atoms with Crippen LogP contribution in [0.15, 0.2) is 0 Å². The third-order valence-electron chi connectivity index (χ3n) is 2.11. The Bertz CT molecular complexity index is 570. The first-order valence-corrected chi connectivity index (χ1v) is 7.72. The first kappa shape index (κ1) is 44.5. The van der Waals surface area contributed by atoms with Crippen LogP contribution in [-0.4, -0.2) is 118 Å². The van der Waals surface area contributed by atoms with E-state index in [-0.39, 0.29) is 51.0 Å². The molecule has 6 N–H and O–H groups in total. The van der Waals surface area contributed by atoms with Crippen LogP contribution in [0, 0.1) is 5.92 Å². The van der Waals surface area contributed by atoms with Crippen LogP contribution in [0.25, 0.3) is 0 Å². The molecule has 4 radical (unpaired) electrons. The van der Waals surface area contributed by atoms with Crippen LogP contribution in [0.3, 0.4) is 0 Å². The number of hydrogen-bond donors (Lipinski definition) is 6. The van der Waals surface area contributed by atoms with Crippen molar-refractivity contribution in [2.45, 2.75) is 46.5 Å². The molecule has 0 aromatic heterocycles. The number of carboxylic acid groups (broad SMARTS) is 6. The Kier molecular flexibility index (Phi) is 30.9. The van der Waals surface area contributed by atoms with Crippen LogP contribution in [0.2, 0.25) is 0 Å². The van der Waals surface area contributed by atoms with Gasteiger partial charge in [0.25, 0.3) is 23.9 Å². The Morgan fingerprint density at radius 1 is 0.758 bits per heavy atom. The third-order valence-corrected chi connectivity index (χ3v) is 2.11. The van der Waals surface area contributed by atoms with Crippen molar-refractivity contribution < 1.29 is 72.6 Å². The number of hydrogen-bond acceptors (Lipinski definition) is 7. The summed E-state index contributed by atoms with van der Waals surface area (Å²) in [5, 5.41) is 46.4. The van der Waals surface area contributed by atoms with Gasteiger partial charge < -0.3 is 30.6 Å². The molecule has 18 heteroatoms. The molecule has 2 unspecified atom stereocenters. The average Bonchev–Trinajstić information content (AvgIpc) is 3.20. The summed E-state index contributed by atoms with van der Waals surface area (Å²) in [6.07, 6.45) is -4.98. The van der Waals surface area contributed by atoms with E-state index in [2.05, 4.69) is 0 Å². The summed E-state index contributed by atoms with van der Waals surface area (Å²) in [7, 11) is 0. The number of carbonyl (C=O) groups is 6. The average molecular weight is 711 g/mol. The van der Waals surface area contributed by atoms with Gasteiger partial charge in [-0.2, -0.15) is 18.1 Å². The Balaban J connectivity index is -0.0000000842. The Labute approximate surface area is 211 Å². The van der Waals surface area contributed by atoms with Crippen molar-refractivity contribution in [1.29, 1.82) is 0 Å². The van der Waals surface area contributed by atoms with E-state index in [0.29, 0.717) is 0 Å². The van der Waals surface area contributed by atoms with Gasteiger partial charge in [-0.1, -0.05) is 0 Å². The summed E-state index contributed by atoms with van der Waals surface area (Å²) in [6, 6.07) is -1.25. The minimum Gasteiger partial charge on any atom is -0.481 e. The van der Waals surface area contributed by atoms with E-state index in [1.54, 1.807) is 0 Å². The molecule has 0 aliphatic heterocycles.